The van der Waals surface area contributed by atoms with Gasteiger partial charge >= 0.3 is 5.97 Å². The third kappa shape index (κ3) is 2.95. The molecule has 0 aromatic heterocycles. The summed E-state index contributed by atoms with van der Waals surface area (Å²) in [6, 6.07) is 5.98. The first-order valence-corrected chi connectivity index (χ1v) is 6.85. The molecule has 1 aromatic carbocycles. The lowest BCUT2D eigenvalue weighted by molar-refractivity contribution is -0.140. The van der Waals surface area contributed by atoms with Crippen LogP contribution in [0.1, 0.15) is 34.6 Å². The van der Waals surface area contributed by atoms with Gasteiger partial charge in [0.2, 0.25) is 0 Å². The SMILES string of the molecule is CC(C)[C@@H](NCCN1C(=O)c2ccccc2C1=O)C(=O)O. The Kier molecular flexibility index (Phi) is 4.37. The standard InChI is InChI=1S/C15H18N2O4/c1-9(2)12(15(20)21)16-7-8-17-13(18)10-5-3-4-6-11(10)14(17)19/h3-6,9,12,16H,7-8H2,1-2H3,(H,20,21)/t12-/m1/s1. The molecule has 0 radical (unpaired) electrons. The van der Waals surface area contributed by atoms with E-state index in [1.807, 2.05) is 0 Å². The first kappa shape index (κ1) is 15.2. The third-order valence-electron chi connectivity index (χ3n) is 3.51. The van der Waals surface area contributed by atoms with Crippen LogP contribution in [0, 0.1) is 5.92 Å². The highest BCUT2D eigenvalue weighted by molar-refractivity contribution is 6.21. The highest BCUT2D eigenvalue weighted by atomic mass is 16.4. The van der Waals surface area contributed by atoms with Crippen molar-refractivity contribution in [1.82, 2.24) is 10.2 Å². The second kappa shape index (κ2) is 6.05. The monoisotopic (exact) mass is 290 g/mol. The molecule has 0 aliphatic carbocycles. The number of fused-ring (bicyclic) bond motifs is 1. The molecule has 6 heteroatoms. The Balaban J connectivity index is 1.98. The van der Waals surface area contributed by atoms with E-state index in [-0.39, 0.29) is 30.8 Å². The molecule has 2 rings (SSSR count). The summed E-state index contributed by atoms with van der Waals surface area (Å²) in [7, 11) is 0. The van der Waals surface area contributed by atoms with Crippen molar-refractivity contribution < 1.29 is 19.5 Å². The van der Waals surface area contributed by atoms with Crippen LogP contribution in [0.4, 0.5) is 0 Å². The molecule has 0 saturated carbocycles. The summed E-state index contributed by atoms with van der Waals surface area (Å²) in [4.78, 5) is 36.4. The van der Waals surface area contributed by atoms with Crippen LogP contribution in [-0.4, -0.2) is 46.9 Å². The van der Waals surface area contributed by atoms with E-state index in [9.17, 15) is 14.4 Å². The number of amides is 2. The van der Waals surface area contributed by atoms with Crippen molar-refractivity contribution in [2.24, 2.45) is 5.92 Å². The summed E-state index contributed by atoms with van der Waals surface area (Å²) in [6.07, 6.45) is 0. The average Bonchev–Trinajstić information content (AvgIpc) is 2.67. The van der Waals surface area contributed by atoms with E-state index in [0.29, 0.717) is 11.1 Å². The van der Waals surface area contributed by atoms with Crippen LogP contribution >= 0.6 is 0 Å². The molecule has 2 N–H and O–H groups in total. The lowest BCUT2D eigenvalue weighted by atomic mass is 10.1. The van der Waals surface area contributed by atoms with E-state index < -0.39 is 12.0 Å². The Labute approximate surface area is 122 Å². The fourth-order valence-corrected chi connectivity index (χ4v) is 2.38. The number of nitrogens with zero attached hydrogens (tertiary/aromatic N) is 1. The molecule has 6 nitrogen and oxygen atoms in total. The molecule has 1 aliphatic heterocycles. The summed E-state index contributed by atoms with van der Waals surface area (Å²) < 4.78 is 0. The number of imide groups is 1. The van der Waals surface area contributed by atoms with Gasteiger partial charge in [0.05, 0.1) is 11.1 Å². The van der Waals surface area contributed by atoms with E-state index in [4.69, 9.17) is 5.11 Å². The van der Waals surface area contributed by atoms with Crippen molar-refractivity contribution in [3.63, 3.8) is 0 Å². The number of nitrogens with one attached hydrogen (secondary N) is 1. The Morgan fingerprint density at radius 3 is 2.14 bits per heavy atom. The van der Waals surface area contributed by atoms with Gasteiger partial charge < -0.3 is 10.4 Å². The number of benzene rings is 1. The molecule has 1 heterocycles. The fraction of sp³-hybridized carbons (Fsp3) is 0.400. The van der Waals surface area contributed by atoms with Gasteiger partial charge in [-0.25, -0.2) is 0 Å². The van der Waals surface area contributed by atoms with E-state index in [2.05, 4.69) is 5.32 Å². The minimum absolute atomic E-state index is 0.0790. The van der Waals surface area contributed by atoms with Crippen molar-refractivity contribution in [3.8, 4) is 0 Å². The van der Waals surface area contributed by atoms with Crippen LogP contribution in [0.5, 0.6) is 0 Å². The number of rotatable bonds is 6. The molecule has 0 fully saturated rings. The maximum absolute atomic E-state index is 12.1. The second-order valence-electron chi connectivity index (χ2n) is 5.32. The summed E-state index contributed by atoms with van der Waals surface area (Å²) in [5.74, 6) is -1.67. The maximum Gasteiger partial charge on any atom is 0.320 e. The minimum atomic E-state index is -0.938. The molecule has 112 valence electrons. The highest BCUT2D eigenvalue weighted by Gasteiger charge is 2.34. The first-order chi connectivity index (χ1) is 9.93. The zero-order valence-corrected chi connectivity index (χ0v) is 12.0. The van der Waals surface area contributed by atoms with Gasteiger partial charge in [-0.05, 0) is 18.1 Å². The van der Waals surface area contributed by atoms with Crippen molar-refractivity contribution in [2.45, 2.75) is 19.9 Å². The second-order valence-corrected chi connectivity index (χ2v) is 5.32. The third-order valence-corrected chi connectivity index (χ3v) is 3.51. The summed E-state index contributed by atoms with van der Waals surface area (Å²) in [5.41, 5.74) is 0.808. The molecule has 1 atom stereocenters. The average molecular weight is 290 g/mol. The van der Waals surface area contributed by atoms with Crippen molar-refractivity contribution in [1.29, 1.82) is 0 Å². The van der Waals surface area contributed by atoms with Crippen LogP contribution in [-0.2, 0) is 4.79 Å². The maximum atomic E-state index is 12.1. The smallest absolute Gasteiger partial charge is 0.320 e. The largest absolute Gasteiger partial charge is 0.480 e. The van der Waals surface area contributed by atoms with Crippen molar-refractivity contribution >= 4 is 17.8 Å². The van der Waals surface area contributed by atoms with Crippen LogP contribution in [0.25, 0.3) is 0 Å². The number of carboxylic acid groups (broad SMARTS) is 1. The van der Waals surface area contributed by atoms with E-state index in [1.165, 1.54) is 0 Å². The summed E-state index contributed by atoms with van der Waals surface area (Å²) in [6.45, 7) is 4.01. The number of carboxylic acids is 1. The van der Waals surface area contributed by atoms with E-state index in [0.717, 1.165) is 4.90 Å². The molecule has 0 bridgehead atoms. The van der Waals surface area contributed by atoms with Crippen LogP contribution < -0.4 is 5.32 Å². The van der Waals surface area contributed by atoms with E-state index >= 15 is 0 Å². The normalized spacial score (nSPS) is 15.5. The molecule has 0 spiro atoms. The Morgan fingerprint density at radius 1 is 1.19 bits per heavy atom. The first-order valence-electron chi connectivity index (χ1n) is 6.85. The van der Waals surface area contributed by atoms with Gasteiger partial charge in [-0.3, -0.25) is 19.3 Å². The highest BCUT2D eigenvalue weighted by Crippen LogP contribution is 2.21. The predicted octanol–water partition coefficient (Wildman–Crippen LogP) is 0.981. The Morgan fingerprint density at radius 2 is 1.71 bits per heavy atom. The fourth-order valence-electron chi connectivity index (χ4n) is 2.38. The lowest BCUT2D eigenvalue weighted by Gasteiger charge is -2.20. The summed E-state index contributed by atoms with van der Waals surface area (Å²) in [5, 5.41) is 11.9. The topological polar surface area (TPSA) is 86.7 Å². The van der Waals surface area contributed by atoms with Gasteiger partial charge in [-0.1, -0.05) is 26.0 Å². The molecule has 21 heavy (non-hydrogen) atoms. The van der Waals surface area contributed by atoms with Crippen LogP contribution in [0.2, 0.25) is 0 Å². The van der Waals surface area contributed by atoms with Gasteiger partial charge in [0.15, 0.2) is 0 Å². The zero-order chi connectivity index (χ0) is 15.6. The lowest BCUT2D eigenvalue weighted by Crippen LogP contribution is -2.45. The molecular formula is C15H18N2O4. The van der Waals surface area contributed by atoms with Gasteiger partial charge in [0.25, 0.3) is 11.8 Å². The zero-order valence-electron chi connectivity index (χ0n) is 12.0. The number of aliphatic carboxylic acids is 1. The van der Waals surface area contributed by atoms with Gasteiger partial charge in [0.1, 0.15) is 6.04 Å². The van der Waals surface area contributed by atoms with Crippen molar-refractivity contribution in [2.75, 3.05) is 13.1 Å². The molecule has 0 saturated heterocycles. The van der Waals surface area contributed by atoms with Crippen LogP contribution in [0.3, 0.4) is 0 Å². The Hall–Kier alpha value is -2.21. The summed E-state index contributed by atoms with van der Waals surface area (Å²) >= 11 is 0. The Bertz CT molecular complexity index is 548. The predicted molar refractivity (Wildman–Crippen MR) is 76.1 cm³/mol. The number of carbonyl (C=O) groups is 3. The number of carbonyl (C=O) groups excluding carboxylic acids is 2. The molecule has 0 unspecified atom stereocenters. The molecule has 2 amide bonds. The molecule has 1 aliphatic rings. The van der Waals surface area contributed by atoms with E-state index in [1.54, 1.807) is 38.1 Å². The van der Waals surface area contributed by atoms with Gasteiger partial charge in [0, 0.05) is 13.1 Å². The molecular weight excluding hydrogens is 272 g/mol. The minimum Gasteiger partial charge on any atom is -0.480 e. The number of hydrogen-bond acceptors (Lipinski definition) is 4. The van der Waals surface area contributed by atoms with Crippen molar-refractivity contribution in [3.05, 3.63) is 35.4 Å². The molecule has 1 aromatic rings. The van der Waals surface area contributed by atoms with Gasteiger partial charge in [-0.15, -0.1) is 0 Å². The quantitative estimate of drug-likeness (QED) is 0.763. The van der Waals surface area contributed by atoms with Gasteiger partial charge in [-0.2, -0.15) is 0 Å². The number of hydrogen-bond donors (Lipinski definition) is 2. The van der Waals surface area contributed by atoms with Crippen LogP contribution in [0.15, 0.2) is 24.3 Å².